The van der Waals surface area contributed by atoms with Crippen LogP contribution in [0.1, 0.15) is 35.3 Å². The number of amides is 1. The zero-order valence-electron chi connectivity index (χ0n) is 19.3. The highest BCUT2D eigenvalue weighted by Crippen LogP contribution is 2.33. The lowest BCUT2D eigenvalue weighted by Crippen LogP contribution is -2.43. The Morgan fingerprint density at radius 1 is 1.19 bits per heavy atom. The number of aromatic nitrogens is 1. The summed E-state index contributed by atoms with van der Waals surface area (Å²) in [7, 11) is 0. The number of thiazole rings is 1. The van der Waals surface area contributed by atoms with Gasteiger partial charge in [-0.1, -0.05) is 17.4 Å². The smallest absolute Gasteiger partial charge is 0.260 e. The number of carbonyl (C=O) groups excluding carboxylic acids is 1. The molecule has 0 spiro atoms. The Bertz CT molecular complexity index is 1070. The molecule has 1 aliphatic heterocycles. The van der Waals surface area contributed by atoms with Crippen molar-refractivity contribution in [3.05, 3.63) is 53.1 Å². The number of rotatable bonds is 7. The standard InChI is InChI=1S/C25H31N3O3S/c1-17(2)31-21-7-5-20(6-8-21)24(29)28(10-9-27-11-13-30-14-12-27)25-26-22-16-18(3)15-19(4)23(22)32-25/h5-8,15-17H,9-14H2,1-4H3. The minimum absolute atomic E-state index is 0.0391. The van der Waals surface area contributed by atoms with Gasteiger partial charge in [0, 0.05) is 31.7 Å². The van der Waals surface area contributed by atoms with E-state index in [1.54, 1.807) is 11.3 Å². The summed E-state index contributed by atoms with van der Waals surface area (Å²) in [6, 6.07) is 11.6. The van der Waals surface area contributed by atoms with Gasteiger partial charge >= 0.3 is 0 Å². The number of anilines is 1. The van der Waals surface area contributed by atoms with Crippen molar-refractivity contribution in [3.63, 3.8) is 0 Å². The van der Waals surface area contributed by atoms with Crippen LogP contribution in [-0.2, 0) is 4.74 Å². The van der Waals surface area contributed by atoms with Crippen LogP contribution in [0.3, 0.4) is 0 Å². The van der Waals surface area contributed by atoms with Gasteiger partial charge in [-0.3, -0.25) is 14.6 Å². The van der Waals surface area contributed by atoms with Gasteiger partial charge in [-0.15, -0.1) is 0 Å². The van der Waals surface area contributed by atoms with Gasteiger partial charge in [-0.25, -0.2) is 4.98 Å². The van der Waals surface area contributed by atoms with Gasteiger partial charge in [-0.2, -0.15) is 0 Å². The second-order valence-electron chi connectivity index (χ2n) is 8.53. The molecule has 0 bridgehead atoms. The molecule has 1 fully saturated rings. The molecule has 2 heterocycles. The zero-order chi connectivity index (χ0) is 22.7. The van der Waals surface area contributed by atoms with E-state index in [2.05, 4.69) is 30.9 Å². The summed E-state index contributed by atoms with van der Waals surface area (Å²) in [6.07, 6.45) is 0.0935. The molecular formula is C25H31N3O3S. The first kappa shape index (κ1) is 22.7. The summed E-state index contributed by atoms with van der Waals surface area (Å²) >= 11 is 1.59. The van der Waals surface area contributed by atoms with Crippen molar-refractivity contribution in [2.24, 2.45) is 0 Å². The molecule has 2 aromatic carbocycles. The summed E-state index contributed by atoms with van der Waals surface area (Å²) in [4.78, 5) is 22.6. The molecule has 0 unspecified atom stereocenters. The molecule has 32 heavy (non-hydrogen) atoms. The summed E-state index contributed by atoms with van der Waals surface area (Å²) in [5.74, 6) is 0.727. The highest BCUT2D eigenvalue weighted by atomic mass is 32.1. The SMILES string of the molecule is Cc1cc(C)c2sc(N(CCN3CCOCC3)C(=O)c3ccc(OC(C)C)cc3)nc2c1. The van der Waals surface area contributed by atoms with Crippen molar-refractivity contribution < 1.29 is 14.3 Å². The van der Waals surface area contributed by atoms with Crippen molar-refractivity contribution >= 4 is 32.6 Å². The summed E-state index contributed by atoms with van der Waals surface area (Å²) in [5, 5.41) is 0.745. The number of aryl methyl sites for hydroxylation is 2. The number of fused-ring (bicyclic) bond motifs is 1. The van der Waals surface area contributed by atoms with E-state index in [0.717, 1.165) is 53.9 Å². The number of carbonyl (C=O) groups is 1. The Hall–Kier alpha value is -2.48. The van der Waals surface area contributed by atoms with Crippen LogP contribution in [-0.4, -0.2) is 61.3 Å². The van der Waals surface area contributed by atoms with Gasteiger partial charge in [0.15, 0.2) is 5.13 Å². The molecule has 1 saturated heterocycles. The Morgan fingerprint density at radius 2 is 1.91 bits per heavy atom. The number of hydrogen-bond acceptors (Lipinski definition) is 6. The fourth-order valence-corrected chi connectivity index (χ4v) is 4.97. The number of hydrogen-bond donors (Lipinski definition) is 0. The highest BCUT2D eigenvalue weighted by Gasteiger charge is 2.23. The Balaban J connectivity index is 1.62. The van der Waals surface area contributed by atoms with E-state index >= 15 is 0 Å². The maximum Gasteiger partial charge on any atom is 0.260 e. The van der Waals surface area contributed by atoms with Crippen molar-refractivity contribution in [3.8, 4) is 5.75 Å². The van der Waals surface area contributed by atoms with Crippen LogP contribution in [0.25, 0.3) is 10.2 Å². The quantitative estimate of drug-likeness (QED) is 0.520. The van der Waals surface area contributed by atoms with Gasteiger partial charge in [-0.05, 0) is 69.2 Å². The first-order chi connectivity index (χ1) is 15.4. The van der Waals surface area contributed by atoms with Gasteiger partial charge in [0.1, 0.15) is 5.75 Å². The summed E-state index contributed by atoms with van der Waals surface area (Å²) in [6.45, 7) is 12.8. The lowest BCUT2D eigenvalue weighted by atomic mass is 10.1. The Kier molecular flexibility index (Phi) is 7.08. The lowest BCUT2D eigenvalue weighted by Gasteiger charge is -2.29. The van der Waals surface area contributed by atoms with Crippen LogP contribution >= 0.6 is 11.3 Å². The minimum Gasteiger partial charge on any atom is -0.491 e. The molecule has 1 amide bonds. The van der Waals surface area contributed by atoms with Crippen LogP contribution in [0.2, 0.25) is 0 Å². The summed E-state index contributed by atoms with van der Waals surface area (Å²) < 4.78 is 12.3. The predicted molar refractivity (Wildman–Crippen MR) is 130 cm³/mol. The van der Waals surface area contributed by atoms with Crippen LogP contribution < -0.4 is 9.64 Å². The van der Waals surface area contributed by atoms with E-state index < -0.39 is 0 Å². The molecule has 1 aliphatic rings. The fourth-order valence-electron chi connectivity index (χ4n) is 3.93. The van der Waals surface area contributed by atoms with E-state index in [1.807, 2.05) is 43.0 Å². The minimum atomic E-state index is -0.0391. The molecule has 0 N–H and O–H groups in total. The summed E-state index contributed by atoms with van der Waals surface area (Å²) in [5.41, 5.74) is 3.96. The monoisotopic (exact) mass is 453 g/mol. The fraction of sp³-hybridized carbons (Fsp3) is 0.440. The maximum absolute atomic E-state index is 13.6. The van der Waals surface area contributed by atoms with Crippen LogP contribution in [0.5, 0.6) is 5.75 Å². The molecule has 6 nitrogen and oxygen atoms in total. The molecule has 0 atom stereocenters. The third kappa shape index (κ3) is 5.28. The van der Waals surface area contributed by atoms with Gasteiger partial charge in [0.05, 0.1) is 29.5 Å². The third-order valence-electron chi connectivity index (χ3n) is 5.50. The average molecular weight is 454 g/mol. The number of nitrogens with zero attached hydrogens (tertiary/aromatic N) is 3. The molecule has 170 valence electrons. The molecular weight excluding hydrogens is 422 g/mol. The Morgan fingerprint density at radius 3 is 2.59 bits per heavy atom. The number of ether oxygens (including phenoxy) is 2. The number of benzene rings is 2. The van der Waals surface area contributed by atoms with Gasteiger partial charge in [0.25, 0.3) is 5.91 Å². The molecule has 0 saturated carbocycles. The van der Waals surface area contributed by atoms with Crippen molar-refractivity contribution in [1.29, 1.82) is 0 Å². The maximum atomic E-state index is 13.6. The normalized spacial score (nSPS) is 14.8. The third-order valence-corrected chi connectivity index (χ3v) is 6.73. The first-order valence-electron chi connectivity index (χ1n) is 11.2. The second kappa shape index (κ2) is 9.98. The van der Waals surface area contributed by atoms with Crippen molar-refractivity contribution in [2.45, 2.75) is 33.8 Å². The molecule has 0 aliphatic carbocycles. The van der Waals surface area contributed by atoms with Crippen molar-refractivity contribution in [2.75, 3.05) is 44.3 Å². The molecule has 3 aromatic rings. The molecule has 7 heteroatoms. The van der Waals surface area contributed by atoms with E-state index in [9.17, 15) is 4.79 Å². The van der Waals surface area contributed by atoms with E-state index in [1.165, 1.54) is 11.1 Å². The first-order valence-corrected chi connectivity index (χ1v) is 12.0. The van der Waals surface area contributed by atoms with Gasteiger partial charge in [0.2, 0.25) is 0 Å². The highest BCUT2D eigenvalue weighted by molar-refractivity contribution is 7.22. The zero-order valence-corrected chi connectivity index (χ0v) is 20.1. The lowest BCUT2D eigenvalue weighted by molar-refractivity contribution is 0.0391. The van der Waals surface area contributed by atoms with E-state index in [4.69, 9.17) is 14.5 Å². The largest absolute Gasteiger partial charge is 0.491 e. The van der Waals surface area contributed by atoms with Crippen LogP contribution in [0.4, 0.5) is 5.13 Å². The second-order valence-corrected chi connectivity index (χ2v) is 9.51. The predicted octanol–water partition coefficient (Wildman–Crippen LogP) is 4.68. The van der Waals surface area contributed by atoms with Crippen LogP contribution in [0, 0.1) is 13.8 Å². The molecule has 1 aromatic heterocycles. The number of morpholine rings is 1. The molecule has 0 radical (unpaired) electrons. The van der Waals surface area contributed by atoms with E-state index in [-0.39, 0.29) is 12.0 Å². The van der Waals surface area contributed by atoms with E-state index in [0.29, 0.717) is 12.1 Å². The topological polar surface area (TPSA) is 54.9 Å². The van der Waals surface area contributed by atoms with Crippen LogP contribution in [0.15, 0.2) is 36.4 Å². The average Bonchev–Trinajstić information content (AvgIpc) is 3.18. The van der Waals surface area contributed by atoms with Gasteiger partial charge < -0.3 is 9.47 Å². The Labute approximate surface area is 193 Å². The van der Waals surface area contributed by atoms with Crippen molar-refractivity contribution in [1.82, 2.24) is 9.88 Å². The molecule has 4 rings (SSSR count).